The normalized spacial score (nSPS) is 10.5. The van der Waals surface area contributed by atoms with Gasteiger partial charge >= 0.3 is 32.7 Å². The Morgan fingerprint density at radius 2 is 0.808 bits per heavy atom. The van der Waals surface area contributed by atoms with Crippen molar-refractivity contribution in [2.75, 3.05) is 0 Å². The van der Waals surface area contributed by atoms with Crippen LogP contribution in [-0.4, -0.2) is 44.4 Å². The number of Topliss-reactive ketones (excluding diaryl/α,β-unsaturated/α-hetero) is 2. The van der Waals surface area contributed by atoms with Gasteiger partial charge in [-0.3, -0.25) is 9.59 Å². The van der Waals surface area contributed by atoms with E-state index >= 15 is 0 Å². The summed E-state index contributed by atoms with van der Waals surface area (Å²) in [6.07, 6.45) is 1.23. The number of aliphatic carboxylic acids is 2. The fraction of sp³-hybridized carbons (Fsp3) is 0.722. The SMILES string of the molecule is CCC(CC)(C(C)=O)C(=O)[O-].CCC(CC)(C(C)=O)C(=O)[O-].C[C](=O)[Al+2]. The predicted molar refractivity (Wildman–Crippen MR) is 93.8 cm³/mol. The van der Waals surface area contributed by atoms with Gasteiger partial charge < -0.3 is 19.8 Å². The third-order valence-corrected chi connectivity index (χ3v) is 4.54. The van der Waals surface area contributed by atoms with Gasteiger partial charge in [0.2, 0.25) is 0 Å². The Balaban J connectivity index is -0.000000338. The summed E-state index contributed by atoms with van der Waals surface area (Å²) in [5, 5.41) is 21.2. The van der Waals surface area contributed by atoms with E-state index in [0.29, 0.717) is 25.7 Å². The molecule has 0 bridgehead atoms. The number of carboxylic acid groups (broad SMARTS) is 2. The molecule has 0 fully saturated rings. The van der Waals surface area contributed by atoms with Crippen molar-refractivity contribution in [3.05, 3.63) is 0 Å². The molecule has 0 aliphatic heterocycles. The molecular formula is C18H29AlO7. The number of ketones is 2. The monoisotopic (exact) mass is 384 g/mol. The summed E-state index contributed by atoms with van der Waals surface area (Å²) in [5.74, 6) is -3.14. The standard InChI is InChI=1S/2C8H14O3.C2H3O.Al/c2*1-4-8(5-2,6(3)9)7(10)11;1-2-3;/h2*4-5H2,1-3H3,(H,10,11);1H3;/q;;;+2/p-2. The molecule has 0 saturated heterocycles. The minimum absolute atomic E-state index is 0.0833. The molecule has 26 heavy (non-hydrogen) atoms. The number of hydrogen-bond donors (Lipinski definition) is 0. The van der Waals surface area contributed by atoms with Crippen LogP contribution in [0.2, 0.25) is 0 Å². The molecule has 0 heterocycles. The van der Waals surface area contributed by atoms with Crippen LogP contribution < -0.4 is 10.2 Å². The van der Waals surface area contributed by atoms with Crippen LogP contribution in [0, 0.1) is 10.8 Å². The second kappa shape index (κ2) is 13.7. The van der Waals surface area contributed by atoms with Crippen molar-refractivity contribution in [3.8, 4) is 0 Å². The van der Waals surface area contributed by atoms with E-state index in [9.17, 15) is 34.2 Å². The summed E-state index contributed by atoms with van der Waals surface area (Å²) in [4.78, 5) is 52.5. The van der Waals surface area contributed by atoms with Crippen molar-refractivity contribution >= 4 is 44.4 Å². The second-order valence-corrected chi connectivity index (χ2v) is 6.69. The molecule has 7 nitrogen and oxygen atoms in total. The van der Waals surface area contributed by atoms with Crippen LogP contribution in [0.15, 0.2) is 0 Å². The van der Waals surface area contributed by atoms with Crippen LogP contribution in [0.25, 0.3) is 0 Å². The zero-order chi connectivity index (χ0) is 21.7. The average Bonchev–Trinajstić information content (AvgIpc) is 2.49. The molecule has 0 atom stereocenters. The summed E-state index contributed by atoms with van der Waals surface area (Å²) in [6.45, 7) is 10.8. The number of hydrogen-bond acceptors (Lipinski definition) is 7. The maximum absolute atomic E-state index is 10.9. The number of carbonyl (C=O) groups excluding carboxylic acids is 5. The zero-order valence-corrected chi connectivity index (χ0v) is 17.9. The van der Waals surface area contributed by atoms with Crippen molar-refractivity contribution < 1.29 is 34.2 Å². The first-order valence-corrected chi connectivity index (χ1v) is 9.04. The molecule has 0 spiro atoms. The van der Waals surface area contributed by atoms with E-state index in [1.807, 2.05) is 16.3 Å². The fourth-order valence-electron chi connectivity index (χ4n) is 2.36. The van der Waals surface area contributed by atoms with E-state index in [1.54, 1.807) is 27.7 Å². The summed E-state index contributed by atoms with van der Waals surface area (Å²) < 4.78 is 0.0833. The summed E-state index contributed by atoms with van der Waals surface area (Å²) >= 11 is 2.02. The van der Waals surface area contributed by atoms with Crippen LogP contribution in [0.4, 0.5) is 0 Å². The van der Waals surface area contributed by atoms with E-state index in [1.165, 1.54) is 20.8 Å². The van der Waals surface area contributed by atoms with E-state index < -0.39 is 22.8 Å². The molecule has 8 heteroatoms. The zero-order valence-electron chi connectivity index (χ0n) is 16.8. The Labute approximate surface area is 164 Å². The average molecular weight is 384 g/mol. The topological polar surface area (TPSA) is 131 Å². The van der Waals surface area contributed by atoms with E-state index in [-0.39, 0.29) is 16.2 Å². The van der Waals surface area contributed by atoms with E-state index in [4.69, 9.17) is 0 Å². The van der Waals surface area contributed by atoms with Gasteiger partial charge in [0.15, 0.2) is 0 Å². The summed E-state index contributed by atoms with van der Waals surface area (Å²) in [7, 11) is 0. The molecule has 0 rings (SSSR count). The van der Waals surface area contributed by atoms with Crippen LogP contribution in [0.3, 0.4) is 0 Å². The van der Waals surface area contributed by atoms with Gasteiger partial charge in [0.1, 0.15) is 11.6 Å². The van der Waals surface area contributed by atoms with Crippen molar-refractivity contribution in [2.24, 2.45) is 10.8 Å². The van der Waals surface area contributed by atoms with Gasteiger partial charge in [0, 0.05) is 0 Å². The van der Waals surface area contributed by atoms with E-state index in [2.05, 4.69) is 0 Å². The van der Waals surface area contributed by atoms with Crippen LogP contribution >= 0.6 is 0 Å². The first kappa shape index (κ1) is 29.3. The van der Waals surface area contributed by atoms with Crippen molar-refractivity contribution in [1.82, 2.24) is 0 Å². The minimum atomic E-state index is -1.25. The first-order valence-electron chi connectivity index (χ1n) is 8.46. The number of rotatable bonds is 8. The Morgan fingerprint density at radius 3 is 0.808 bits per heavy atom. The Hall–Kier alpha value is -1.52. The summed E-state index contributed by atoms with van der Waals surface area (Å²) in [5.41, 5.74) is -2.50. The molecule has 0 saturated carbocycles. The van der Waals surface area contributed by atoms with Gasteiger partial charge in [-0.25, -0.2) is 0 Å². The molecule has 0 unspecified atom stereocenters. The number of carbonyl (C=O) groups is 5. The first-order chi connectivity index (χ1) is 11.7. The molecule has 0 amide bonds. The second-order valence-electron chi connectivity index (χ2n) is 5.88. The molecule has 0 aromatic rings. The Morgan fingerprint density at radius 1 is 0.654 bits per heavy atom. The number of carboxylic acids is 2. The Bertz CT molecular complexity index is 428. The van der Waals surface area contributed by atoms with Crippen LogP contribution in [0.1, 0.15) is 74.1 Å². The molecule has 0 aliphatic carbocycles. The molecule has 0 radical (unpaired) electrons. The van der Waals surface area contributed by atoms with Gasteiger partial charge in [0.25, 0.3) is 0 Å². The van der Waals surface area contributed by atoms with Gasteiger partial charge in [-0.1, -0.05) is 27.7 Å². The van der Waals surface area contributed by atoms with Gasteiger partial charge in [-0.15, -0.1) is 0 Å². The molecule has 0 aliphatic rings. The van der Waals surface area contributed by atoms with Crippen molar-refractivity contribution in [2.45, 2.75) is 74.1 Å². The maximum atomic E-state index is 10.9. The van der Waals surface area contributed by atoms with Gasteiger partial charge in [0.05, 0.1) is 22.8 Å². The third kappa shape index (κ3) is 8.73. The molecular weight excluding hydrogens is 355 g/mol. The molecule has 146 valence electrons. The van der Waals surface area contributed by atoms with Gasteiger partial charge in [-0.05, 0) is 39.5 Å². The predicted octanol–water partition coefficient (Wildman–Crippen LogP) is -0.0352. The molecule has 0 aromatic carbocycles. The van der Waals surface area contributed by atoms with Crippen molar-refractivity contribution in [3.63, 3.8) is 0 Å². The molecule has 0 aromatic heterocycles. The van der Waals surface area contributed by atoms with Crippen LogP contribution in [-0.2, 0) is 24.0 Å². The third-order valence-electron chi connectivity index (χ3n) is 4.54. The summed E-state index contributed by atoms with van der Waals surface area (Å²) in [6, 6.07) is 0. The Kier molecular flexibility index (Phi) is 15.4. The van der Waals surface area contributed by atoms with Gasteiger partial charge in [-0.2, -0.15) is 0 Å². The quantitative estimate of drug-likeness (QED) is 0.424. The van der Waals surface area contributed by atoms with E-state index in [0.717, 1.165) is 0 Å². The van der Waals surface area contributed by atoms with Crippen LogP contribution in [0.5, 0.6) is 0 Å². The fourth-order valence-corrected chi connectivity index (χ4v) is 2.36. The molecule has 0 N–H and O–H groups in total. The van der Waals surface area contributed by atoms with Crippen molar-refractivity contribution in [1.29, 1.82) is 0 Å².